The lowest BCUT2D eigenvalue weighted by Gasteiger charge is -2.16. The summed E-state index contributed by atoms with van der Waals surface area (Å²) in [4.78, 5) is 21.3. The smallest absolute Gasteiger partial charge is 0.387 e. The molecule has 1 saturated carbocycles. The maximum Gasteiger partial charge on any atom is 0.387 e. The first-order chi connectivity index (χ1) is 16.0. The molecule has 0 bridgehead atoms. The van der Waals surface area contributed by atoms with Crippen LogP contribution in [0.1, 0.15) is 12.0 Å². The summed E-state index contributed by atoms with van der Waals surface area (Å²) < 4.78 is 28.9. The molecule has 1 aromatic heterocycles. The molecule has 2 aromatic carbocycles. The summed E-state index contributed by atoms with van der Waals surface area (Å²) >= 11 is 0. The third-order valence-electron chi connectivity index (χ3n) is 6.10. The number of ether oxygens (including phenoxy) is 1. The third kappa shape index (κ3) is 4.78. The molecule has 1 amide bonds. The van der Waals surface area contributed by atoms with Gasteiger partial charge in [-0.25, -0.2) is 9.97 Å². The van der Waals surface area contributed by atoms with Crippen LogP contribution in [0.2, 0.25) is 0 Å². The van der Waals surface area contributed by atoms with Crippen LogP contribution in [0, 0.1) is 18.8 Å². The van der Waals surface area contributed by atoms with Crippen LogP contribution in [0.3, 0.4) is 0 Å². The summed E-state index contributed by atoms with van der Waals surface area (Å²) in [5, 5.41) is 9.48. The Kier molecular flexibility index (Phi) is 5.63. The Hall–Kier alpha value is -3.59. The Bertz CT molecular complexity index is 1150. The molecule has 3 atom stereocenters. The predicted octanol–water partition coefficient (Wildman–Crippen LogP) is 4.34. The van der Waals surface area contributed by atoms with E-state index < -0.39 is 6.61 Å². The van der Waals surface area contributed by atoms with Gasteiger partial charge in [-0.3, -0.25) is 4.79 Å². The second-order valence-corrected chi connectivity index (χ2v) is 8.39. The lowest BCUT2D eigenvalue weighted by atomic mass is 10.1. The molecule has 2 heterocycles. The first-order valence-corrected chi connectivity index (χ1v) is 10.8. The molecule has 0 unspecified atom stereocenters. The molecule has 0 spiro atoms. The molecule has 33 heavy (non-hydrogen) atoms. The summed E-state index contributed by atoms with van der Waals surface area (Å²) in [6.45, 7) is 0.0132. The van der Waals surface area contributed by atoms with Gasteiger partial charge in [0.15, 0.2) is 0 Å². The van der Waals surface area contributed by atoms with E-state index in [1.54, 1.807) is 24.5 Å². The van der Waals surface area contributed by atoms with Crippen molar-refractivity contribution in [2.45, 2.75) is 26.0 Å². The van der Waals surface area contributed by atoms with Gasteiger partial charge in [-0.05, 0) is 67.1 Å². The fourth-order valence-corrected chi connectivity index (χ4v) is 4.18. The minimum atomic E-state index is -2.86. The van der Waals surface area contributed by atoms with E-state index in [9.17, 15) is 13.6 Å². The number of hydrogen-bond donors (Lipinski definition) is 3. The summed E-state index contributed by atoms with van der Waals surface area (Å²) in [6, 6.07) is 11.9. The highest BCUT2D eigenvalue weighted by Crippen LogP contribution is 2.45. The molecule has 5 rings (SSSR count). The molecular formula is C24H23F2N5O2. The molecule has 3 aromatic rings. The minimum Gasteiger partial charge on any atom is -0.435 e. The van der Waals surface area contributed by atoms with Gasteiger partial charge in [-0.2, -0.15) is 8.78 Å². The molecule has 2 aliphatic rings. The second-order valence-electron chi connectivity index (χ2n) is 8.39. The molecule has 1 aliphatic heterocycles. The highest BCUT2D eigenvalue weighted by molar-refractivity contribution is 5.96. The van der Waals surface area contributed by atoms with Crippen LogP contribution in [0.5, 0.6) is 5.75 Å². The van der Waals surface area contributed by atoms with Gasteiger partial charge in [0.25, 0.3) is 0 Å². The van der Waals surface area contributed by atoms with E-state index in [0.717, 1.165) is 41.0 Å². The highest BCUT2D eigenvalue weighted by atomic mass is 19.3. The maximum atomic E-state index is 12.7. The van der Waals surface area contributed by atoms with Crippen molar-refractivity contribution in [1.82, 2.24) is 15.3 Å². The SMILES string of the molecule is Cc1ccc(Nc2ncc(-c3ccc(OC(F)F)cc3)cn2)cc1NC(=O)[C@@H]1NC[C@@H]2C[C@@H]21. The Morgan fingerprint density at radius 2 is 1.88 bits per heavy atom. The van der Waals surface area contributed by atoms with E-state index in [2.05, 4.69) is 30.7 Å². The zero-order chi connectivity index (χ0) is 22.9. The van der Waals surface area contributed by atoms with Crippen LogP contribution < -0.4 is 20.7 Å². The van der Waals surface area contributed by atoms with Gasteiger partial charge < -0.3 is 20.7 Å². The molecule has 2 fully saturated rings. The number of amides is 1. The van der Waals surface area contributed by atoms with Crippen LogP contribution in [0.4, 0.5) is 26.1 Å². The quantitative estimate of drug-likeness (QED) is 0.495. The van der Waals surface area contributed by atoms with Crippen LogP contribution >= 0.6 is 0 Å². The fraction of sp³-hybridized carbons (Fsp3) is 0.292. The van der Waals surface area contributed by atoms with Crippen molar-refractivity contribution in [1.29, 1.82) is 0 Å². The van der Waals surface area contributed by atoms with Crippen LogP contribution in [-0.2, 0) is 4.79 Å². The van der Waals surface area contributed by atoms with Crippen molar-refractivity contribution in [2.24, 2.45) is 11.8 Å². The summed E-state index contributed by atoms with van der Waals surface area (Å²) in [5.41, 5.74) is 3.99. The number of nitrogens with one attached hydrogen (secondary N) is 3. The van der Waals surface area contributed by atoms with Crippen molar-refractivity contribution in [3.8, 4) is 16.9 Å². The highest BCUT2D eigenvalue weighted by Gasteiger charge is 2.50. The van der Waals surface area contributed by atoms with E-state index in [-0.39, 0.29) is 17.7 Å². The van der Waals surface area contributed by atoms with Crippen molar-refractivity contribution in [3.63, 3.8) is 0 Å². The molecule has 1 aliphatic carbocycles. The second kappa shape index (κ2) is 8.74. The molecule has 9 heteroatoms. The number of rotatable bonds is 7. The van der Waals surface area contributed by atoms with Crippen LogP contribution in [0.25, 0.3) is 11.1 Å². The number of alkyl halides is 2. The van der Waals surface area contributed by atoms with Gasteiger partial charge in [0.1, 0.15) is 5.75 Å². The summed E-state index contributed by atoms with van der Waals surface area (Å²) in [7, 11) is 0. The summed E-state index contributed by atoms with van der Waals surface area (Å²) in [6.07, 6.45) is 4.42. The van der Waals surface area contributed by atoms with E-state index in [1.807, 2.05) is 25.1 Å². The van der Waals surface area contributed by atoms with Crippen molar-refractivity contribution < 1.29 is 18.3 Å². The average molecular weight is 451 g/mol. The third-order valence-corrected chi connectivity index (χ3v) is 6.10. The standard InChI is InChI=1S/C24H23F2N5O2/c1-13-2-5-17(9-20(13)31-22(32)21-19-8-15(19)10-27-21)30-24-28-11-16(12-29-24)14-3-6-18(7-4-14)33-23(25)26/h2-7,9,11-12,15,19,21,23,27H,8,10H2,1H3,(H,31,32)(H,28,29,30)/t15-,19-,21+/m0/s1. The fourth-order valence-electron chi connectivity index (χ4n) is 4.18. The van der Waals surface area contributed by atoms with Gasteiger partial charge in [-0.1, -0.05) is 18.2 Å². The number of carbonyl (C=O) groups is 1. The van der Waals surface area contributed by atoms with E-state index in [1.165, 1.54) is 12.1 Å². The van der Waals surface area contributed by atoms with Crippen molar-refractivity contribution in [2.75, 3.05) is 17.2 Å². The number of piperidine rings is 1. The first-order valence-electron chi connectivity index (χ1n) is 10.8. The lowest BCUT2D eigenvalue weighted by Crippen LogP contribution is -2.38. The zero-order valence-electron chi connectivity index (χ0n) is 17.9. The molecule has 3 N–H and O–H groups in total. The monoisotopic (exact) mass is 451 g/mol. The summed E-state index contributed by atoms with van der Waals surface area (Å²) in [5.74, 6) is 1.61. The Labute approximate surface area is 189 Å². The number of anilines is 3. The Morgan fingerprint density at radius 3 is 2.52 bits per heavy atom. The predicted molar refractivity (Wildman–Crippen MR) is 121 cm³/mol. The number of halogens is 2. The molecule has 0 radical (unpaired) electrons. The number of aryl methyl sites for hydroxylation is 1. The first kappa shape index (κ1) is 21.3. The number of nitrogens with zero attached hydrogens (tertiary/aromatic N) is 2. The lowest BCUT2D eigenvalue weighted by molar-refractivity contribution is -0.118. The van der Waals surface area contributed by atoms with Gasteiger partial charge in [0, 0.05) is 29.3 Å². The number of hydrogen-bond acceptors (Lipinski definition) is 6. The largest absolute Gasteiger partial charge is 0.435 e. The average Bonchev–Trinajstić information content (AvgIpc) is 3.45. The number of aromatic nitrogens is 2. The maximum absolute atomic E-state index is 12.7. The number of benzene rings is 2. The van der Waals surface area contributed by atoms with E-state index in [0.29, 0.717) is 17.8 Å². The van der Waals surface area contributed by atoms with Gasteiger partial charge in [-0.15, -0.1) is 0 Å². The topological polar surface area (TPSA) is 88.2 Å². The van der Waals surface area contributed by atoms with Gasteiger partial charge in [0.05, 0.1) is 6.04 Å². The molecule has 7 nitrogen and oxygen atoms in total. The van der Waals surface area contributed by atoms with Crippen molar-refractivity contribution in [3.05, 3.63) is 60.4 Å². The van der Waals surface area contributed by atoms with Gasteiger partial charge >= 0.3 is 6.61 Å². The molecule has 170 valence electrons. The van der Waals surface area contributed by atoms with Crippen LogP contribution in [0.15, 0.2) is 54.9 Å². The van der Waals surface area contributed by atoms with Gasteiger partial charge in [0.2, 0.25) is 11.9 Å². The van der Waals surface area contributed by atoms with E-state index in [4.69, 9.17) is 0 Å². The number of fused-ring (bicyclic) bond motifs is 1. The molecule has 1 saturated heterocycles. The minimum absolute atomic E-state index is 0.00539. The zero-order valence-corrected chi connectivity index (χ0v) is 17.9. The molecular weight excluding hydrogens is 428 g/mol. The Morgan fingerprint density at radius 1 is 1.12 bits per heavy atom. The number of carbonyl (C=O) groups excluding carboxylic acids is 1. The normalized spacial score (nSPS) is 20.9. The van der Waals surface area contributed by atoms with Crippen molar-refractivity contribution >= 4 is 23.2 Å². The van der Waals surface area contributed by atoms with E-state index >= 15 is 0 Å². The Balaban J connectivity index is 1.24. The van der Waals surface area contributed by atoms with Crippen LogP contribution in [-0.4, -0.2) is 35.1 Å².